The summed E-state index contributed by atoms with van der Waals surface area (Å²) in [6.07, 6.45) is 3.34. The number of halogens is 1. The SMILES string of the molecule is ClC(c1ccoc1)c1ccc2[nH]c3ccccc3c2c1. The van der Waals surface area contributed by atoms with Gasteiger partial charge in [0.2, 0.25) is 0 Å². The second-order valence-corrected chi connectivity index (χ2v) is 5.33. The van der Waals surface area contributed by atoms with Crippen molar-refractivity contribution >= 4 is 33.4 Å². The summed E-state index contributed by atoms with van der Waals surface area (Å²) < 4.78 is 5.11. The van der Waals surface area contributed by atoms with Crippen LogP contribution in [-0.4, -0.2) is 4.98 Å². The Labute approximate surface area is 121 Å². The van der Waals surface area contributed by atoms with E-state index in [1.54, 1.807) is 12.5 Å². The first-order valence-electron chi connectivity index (χ1n) is 6.49. The molecular weight excluding hydrogens is 270 g/mol. The van der Waals surface area contributed by atoms with Crippen molar-refractivity contribution in [3.8, 4) is 0 Å². The largest absolute Gasteiger partial charge is 0.472 e. The number of fused-ring (bicyclic) bond motifs is 3. The molecule has 0 radical (unpaired) electrons. The Balaban J connectivity index is 1.91. The molecule has 0 bridgehead atoms. The van der Waals surface area contributed by atoms with Crippen molar-refractivity contribution in [1.82, 2.24) is 4.98 Å². The van der Waals surface area contributed by atoms with E-state index in [0.717, 1.165) is 22.2 Å². The molecule has 98 valence electrons. The third-order valence-electron chi connectivity index (χ3n) is 3.66. The zero-order valence-corrected chi connectivity index (χ0v) is 11.4. The molecule has 3 heteroatoms. The summed E-state index contributed by atoms with van der Waals surface area (Å²) in [6.45, 7) is 0. The molecule has 1 atom stereocenters. The molecule has 2 heterocycles. The predicted octanol–water partition coefficient (Wildman–Crippen LogP) is 5.24. The van der Waals surface area contributed by atoms with Gasteiger partial charge in [-0.15, -0.1) is 11.6 Å². The van der Waals surface area contributed by atoms with E-state index in [-0.39, 0.29) is 5.38 Å². The molecule has 0 aliphatic heterocycles. The molecule has 0 aliphatic rings. The molecule has 0 spiro atoms. The number of nitrogens with one attached hydrogen (secondary N) is 1. The third kappa shape index (κ3) is 1.73. The number of alkyl halides is 1. The molecule has 1 unspecified atom stereocenters. The van der Waals surface area contributed by atoms with Crippen LogP contribution in [0.4, 0.5) is 0 Å². The number of hydrogen-bond acceptors (Lipinski definition) is 1. The number of furan rings is 1. The first kappa shape index (κ1) is 11.6. The molecule has 2 nitrogen and oxygen atoms in total. The van der Waals surface area contributed by atoms with Crippen LogP contribution >= 0.6 is 11.6 Å². The van der Waals surface area contributed by atoms with Crippen LogP contribution in [0.5, 0.6) is 0 Å². The summed E-state index contributed by atoms with van der Waals surface area (Å²) in [5.74, 6) is 0. The van der Waals surface area contributed by atoms with E-state index in [1.165, 1.54) is 10.8 Å². The van der Waals surface area contributed by atoms with Crippen LogP contribution in [0.1, 0.15) is 16.5 Å². The minimum absolute atomic E-state index is 0.188. The quantitative estimate of drug-likeness (QED) is 0.500. The van der Waals surface area contributed by atoms with E-state index in [0.29, 0.717) is 0 Å². The Morgan fingerprint density at radius 2 is 1.75 bits per heavy atom. The van der Waals surface area contributed by atoms with E-state index >= 15 is 0 Å². The molecule has 4 rings (SSSR count). The van der Waals surface area contributed by atoms with E-state index in [2.05, 4.69) is 41.4 Å². The number of aromatic amines is 1. The smallest absolute Gasteiger partial charge is 0.0952 e. The van der Waals surface area contributed by atoms with Gasteiger partial charge in [-0.2, -0.15) is 0 Å². The molecule has 0 aliphatic carbocycles. The lowest BCUT2D eigenvalue weighted by Gasteiger charge is -2.07. The Hall–Kier alpha value is -2.19. The topological polar surface area (TPSA) is 28.9 Å². The normalized spacial score (nSPS) is 13.1. The van der Waals surface area contributed by atoms with Crippen molar-refractivity contribution in [3.63, 3.8) is 0 Å². The first-order valence-corrected chi connectivity index (χ1v) is 6.93. The predicted molar refractivity (Wildman–Crippen MR) is 82.2 cm³/mol. The fourth-order valence-electron chi connectivity index (χ4n) is 2.64. The number of hydrogen-bond donors (Lipinski definition) is 1. The average molecular weight is 282 g/mol. The number of H-pyrrole nitrogens is 1. The van der Waals surface area contributed by atoms with Crippen LogP contribution in [0.15, 0.2) is 65.5 Å². The summed E-state index contributed by atoms with van der Waals surface area (Å²) in [5.41, 5.74) is 4.33. The molecule has 2 aromatic heterocycles. The lowest BCUT2D eigenvalue weighted by Crippen LogP contribution is -1.90. The van der Waals surface area contributed by atoms with Crippen molar-refractivity contribution < 1.29 is 4.42 Å². The highest BCUT2D eigenvalue weighted by atomic mass is 35.5. The number of rotatable bonds is 2. The lowest BCUT2D eigenvalue weighted by molar-refractivity contribution is 0.564. The van der Waals surface area contributed by atoms with Gasteiger partial charge in [0.15, 0.2) is 0 Å². The van der Waals surface area contributed by atoms with Gasteiger partial charge in [0.05, 0.1) is 17.9 Å². The number of benzene rings is 2. The van der Waals surface area contributed by atoms with Gasteiger partial charge in [-0.25, -0.2) is 0 Å². The highest BCUT2D eigenvalue weighted by molar-refractivity contribution is 6.23. The minimum atomic E-state index is -0.188. The fourth-order valence-corrected chi connectivity index (χ4v) is 2.89. The molecule has 0 amide bonds. The average Bonchev–Trinajstić information content (AvgIpc) is 3.13. The van der Waals surface area contributed by atoms with E-state index in [1.807, 2.05) is 12.1 Å². The Kier molecular flexibility index (Phi) is 2.57. The van der Waals surface area contributed by atoms with E-state index in [9.17, 15) is 0 Å². The van der Waals surface area contributed by atoms with Crippen LogP contribution in [0, 0.1) is 0 Å². The van der Waals surface area contributed by atoms with Crippen LogP contribution in [-0.2, 0) is 0 Å². The van der Waals surface area contributed by atoms with Gasteiger partial charge in [0.25, 0.3) is 0 Å². The maximum absolute atomic E-state index is 6.52. The van der Waals surface area contributed by atoms with Gasteiger partial charge in [-0.1, -0.05) is 24.3 Å². The van der Waals surface area contributed by atoms with Gasteiger partial charge in [-0.3, -0.25) is 0 Å². The molecule has 1 N–H and O–H groups in total. The van der Waals surface area contributed by atoms with Gasteiger partial charge in [0, 0.05) is 27.4 Å². The standard InChI is InChI=1S/C17H12ClNO/c18-17(12-7-8-20-10-12)11-5-6-16-14(9-11)13-3-1-2-4-15(13)19-16/h1-10,17,19H. The maximum atomic E-state index is 6.52. The summed E-state index contributed by atoms with van der Waals surface area (Å²) in [6, 6.07) is 16.5. The highest BCUT2D eigenvalue weighted by Crippen LogP contribution is 2.33. The zero-order chi connectivity index (χ0) is 13.5. The van der Waals surface area contributed by atoms with Crippen molar-refractivity contribution in [1.29, 1.82) is 0 Å². The van der Waals surface area contributed by atoms with Crippen molar-refractivity contribution in [2.45, 2.75) is 5.38 Å². The Morgan fingerprint density at radius 3 is 2.60 bits per heavy atom. The second-order valence-electron chi connectivity index (χ2n) is 4.89. The number of para-hydroxylation sites is 1. The summed E-state index contributed by atoms with van der Waals surface area (Å²) in [5, 5.41) is 2.24. The fraction of sp³-hybridized carbons (Fsp3) is 0.0588. The highest BCUT2D eigenvalue weighted by Gasteiger charge is 2.13. The van der Waals surface area contributed by atoms with Crippen molar-refractivity contribution in [2.75, 3.05) is 0 Å². The maximum Gasteiger partial charge on any atom is 0.0952 e. The second kappa shape index (κ2) is 4.43. The third-order valence-corrected chi connectivity index (χ3v) is 4.16. The first-order chi connectivity index (χ1) is 9.83. The molecule has 0 saturated carbocycles. The molecule has 20 heavy (non-hydrogen) atoms. The van der Waals surface area contributed by atoms with Crippen LogP contribution in [0.3, 0.4) is 0 Å². The van der Waals surface area contributed by atoms with Crippen LogP contribution in [0.25, 0.3) is 21.8 Å². The van der Waals surface area contributed by atoms with E-state index in [4.69, 9.17) is 16.0 Å². The van der Waals surface area contributed by atoms with Crippen LogP contribution < -0.4 is 0 Å². The molecular formula is C17H12ClNO. The molecule has 0 fully saturated rings. The molecule has 0 saturated heterocycles. The van der Waals surface area contributed by atoms with E-state index < -0.39 is 0 Å². The number of aromatic nitrogens is 1. The van der Waals surface area contributed by atoms with Gasteiger partial charge < -0.3 is 9.40 Å². The lowest BCUT2D eigenvalue weighted by atomic mass is 10.0. The van der Waals surface area contributed by atoms with Gasteiger partial charge in [0.1, 0.15) is 0 Å². The summed E-state index contributed by atoms with van der Waals surface area (Å²) in [7, 11) is 0. The van der Waals surface area contributed by atoms with Crippen LogP contribution in [0.2, 0.25) is 0 Å². The Morgan fingerprint density at radius 1 is 0.900 bits per heavy atom. The summed E-state index contributed by atoms with van der Waals surface area (Å²) >= 11 is 6.52. The van der Waals surface area contributed by atoms with Crippen molar-refractivity contribution in [2.24, 2.45) is 0 Å². The monoisotopic (exact) mass is 281 g/mol. The Bertz CT molecular complexity index is 876. The molecule has 4 aromatic rings. The van der Waals surface area contributed by atoms with Gasteiger partial charge in [-0.05, 0) is 29.8 Å². The van der Waals surface area contributed by atoms with Crippen molar-refractivity contribution in [3.05, 3.63) is 72.2 Å². The summed E-state index contributed by atoms with van der Waals surface area (Å²) in [4.78, 5) is 3.42. The minimum Gasteiger partial charge on any atom is -0.472 e. The molecule has 2 aromatic carbocycles. The van der Waals surface area contributed by atoms with Gasteiger partial charge >= 0.3 is 0 Å². The zero-order valence-electron chi connectivity index (χ0n) is 10.6.